The van der Waals surface area contributed by atoms with E-state index in [1.165, 1.54) is 10.7 Å². The highest BCUT2D eigenvalue weighted by Crippen LogP contribution is 2.33. The first-order chi connectivity index (χ1) is 11.9. The molecule has 1 aliphatic heterocycles. The predicted molar refractivity (Wildman–Crippen MR) is 89.8 cm³/mol. The lowest BCUT2D eigenvalue weighted by atomic mass is 9.84. The van der Waals surface area contributed by atoms with Gasteiger partial charge in [-0.1, -0.05) is 20.8 Å². The monoisotopic (exact) mass is 347 g/mol. The zero-order valence-corrected chi connectivity index (χ0v) is 14.6. The number of ether oxygens (including phenoxy) is 1. The lowest BCUT2D eigenvalue weighted by molar-refractivity contribution is -0.0136. The second-order valence-corrected chi connectivity index (χ2v) is 6.95. The summed E-state index contributed by atoms with van der Waals surface area (Å²) in [6.07, 6.45) is 2.06. The minimum absolute atomic E-state index is 0.00408. The van der Waals surface area contributed by atoms with Crippen LogP contribution in [0.2, 0.25) is 0 Å². The minimum atomic E-state index is -0.657. The van der Waals surface area contributed by atoms with Crippen LogP contribution in [0.1, 0.15) is 44.9 Å². The number of aliphatic hydroxyl groups excluding tert-OH is 1. The first-order valence-corrected chi connectivity index (χ1v) is 8.39. The Kier molecular flexibility index (Phi) is 4.62. The van der Waals surface area contributed by atoms with Gasteiger partial charge in [-0.05, 0) is 12.8 Å². The first-order valence-electron chi connectivity index (χ1n) is 8.39. The maximum absolute atomic E-state index is 14.6. The molecule has 2 atom stereocenters. The van der Waals surface area contributed by atoms with E-state index in [9.17, 15) is 14.8 Å². The number of halogens is 1. The van der Waals surface area contributed by atoms with Crippen molar-refractivity contribution in [2.75, 3.05) is 18.5 Å². The summed E-state index contributed by atoms with van der Waals surface area (Å²) in [5.41, 5.74) is 0.279. The van der Waals surface area contributed by atoms with Crippen molar-refractivity contribution >= 4 is 11.5 Å². The van der Waals surface area contributed by atoms with E-state index in [0.717, 1.165) is 6.42 Å². The van der Waals surface area contributed by atoms with Crippen LogP contribution in [0.4, 0.5) is 10.3 Å². The van der Waals surface area contributed by atoms with Crippen molar-refractivity contribution in [2.24, 2.45) is 0 Å². The number of rotatable bonds is 4. The molecule has 134 valence electrons. The van der Waals surface area contributed by atoms with E-state index < -0.39 is 17.3 Å². The molecule has 0 amide bonds. The molecule has 1 aliphatic rings. The average molecular weight is 347 g/mol. The van der Waals surface area contributed by atoms with Crippen molar-refractivity contribution in [3.63, 3.8) is 0 Å². The lowest BCUT2D eigenvalue weighted by Gasteiger charge is -2.28. The van der Waals surface area contributed by atoms with Gasteiger partial charge in [-0.2, -0.15) is 5.26 Å². The van der Waals surface area contributed by atoms with Gasteiger partial charge in [-0.25, -0.2) is 13.9 Å². The van der Waals surface area contributed by atoms with Crippen LogP contribution in [0, 0.1) is 17.1 Å². The van der Waals surface area contributed by atoms with Gasteiger partial charge < -0.3 is 15.2 Å². The third-order valence-electron chi connectivity index (χ3n) is 4.90. The molecule has 3 heterocycles. The van der Waals surface area contributed by atoms with Gasteiger partial charge in [-0.15, -0.1) is 5.10 Å². The highest BCUT2D eigenvalue weighted by atomic mass is 19.1. The molecule has 2 aromatic heterocycles. The molecule has 0 aliphatic carbocycles. The second-order valence-electron chi connectivity index (χ2n) is 6.95. The van der Waals surface area contributed by atoms with E-state index in [-0.39, 0.29) is 29.7 Å². The molecular formula is C17H22FN5O2. The second kappa shape index (κ2) is 6.58. The molecule has 0 unspecified atom stereocenters. The number of fused-ring (bicyclic) bond motifs is 1. The molecule has 8 heteroatoms. The first kappa shape index (κ1) is 17.6. The van der Waals surface area contributed by atoms with Crippen molar-refractivity contribution < 1.29 is 14.2 Å². The summed E-state index contributed by atoms with van der Waals surface area (Å²) in [6.45, 7) is 6.68. The van der Waals surface area contributed by atoms with Crippen LogP contribution in [-0.4, -0.2) is 45.1 Å². The minimum Gasteiger partial charge on any atom is -0.389 e. The Hall–Kier alpha value is -2.24. The fourth-order valence-corrected chi connectivity index (χ4v) is 3.03. The standard InChI is InChI=1S/C17H22FN5O2/c1-4-17(2,3)15-10(7-19)14(18)12-8-20-16(22-23(12)15)21-11-5-6-25-9-13(11)24/h8,11,13,24H,4-6,9H2,1-3H3,(H,21,22)/t11-,13-/m1/s1. The van der Waals surface area contributed by atoms with Crippen LogP contribution in [0.3, 0.4) is 0 Å². The molecule has 2 aromatic rings. The number of hydrogen-bond acceptors (Lipinski definition) is 6. The van der Waals surface area contributed by atoms with Crippen LogP contribution in [0.5, 0.6) is 0 Å². The Bertz CT molecular complexity index is 827. The Morgan fingerprint density at radius 1 is 1.56 bits per heavy atom. The average Bonchev–Trinajstić information content (AvgIpc) is 2.89. The van der Waals surface area contributed by atoms with Crippen LogP contribution in [0.25, 0.3) is 5.52 Å². The molecule has 25 heavy (non-hydrogen) atoms. The molecule has 3 rings (SSSR count). The van der Waals surface area contributed by atoms with E-state index in [2.05, 4.69) is 15.4 Å². The number of nitrogens with zero attached hydrogens (tertiary/aromatic N) is 4. The van der Waals surface area contributed by atoms with Crippen molar-refractivity contribution in [2.45, 2.75) is 51.2 Å². The van der Waals surface area contributed by atoms with Gasteiger partial charge in [0.05, 0.1) is 30.6 Å². The van der Waals surface area contributed by atoms with E-state index in [1.807, 2.05) is 26.8 Å². The lowest BCUT2D eigenvalue weighted by Crippen LogP contribution is -2.42. The van der Waals surface area contributed by atoms with Crippen molar-refractivity contribution in [3.8, 4) is 6.07 Å². The molecule has 0 radical (unpaired) electrons. The Morgan fingerprint density at radius 2 is 2.32 bits per heavy atom. The van der Waals surface area contributed by atoms with Crippen molar-refractivity contribution in [1.82, 2.24) is 14.6 Å². The van der Waals surface area contributed by atoms with E-state index in [4.69, 9.17) is 4.74 Å². The number of nitriles is 1. The van der Waals surface area contributed by atoms with Gasteiger partial charge >= 0.3 is 0 Å². The molecule has 0 bridgehead atoms. The Labute approximate surface area is 145 Å². The van der Waals surface area contributed by atoms with Crippen LogP contribution in [-0.2, 0) is 10.2 Å². The molecule has 0 spiro atoms. The largest absolute Gasteiger partial charge is 0.389 e. The quantitative estimate of drug-likeness (QED) is 0.878. The van der Waals surface area contributed by atoms with Crippen molar-refractivity contribution in [1.29, 1.82) is 5.26 Å². The van der Waals surface area contributed by atoms with E-state index in [1.54, 1.807) is 0 Å². The number of hydrogen-bond donors (Lipinski definition) is 2. The molecular weight excluding hydrogens is 325 g/mol. The summed E-state index contributed by atoms with van der Waals surface area (Å²) in [4.78, 5) is 4.15. The van der Waals surface area contributed by atoms with Gasteiger partial charge in [0.2, 0.25) is 5.95 Å². The summed E-state index contributed by atoms with van der Waals surface area (Å²) >= 11 is 0. The smallest absolute Gasteiger partial charge is 0.241 e. The van der Waals surface area contributed by atoms with E-state index >= 15 is 0 Å². The van der Waals surface area contributed by atoms with Crippen LogP contribution >= 0.6 is 0 Å². The fourth-order valence-electron chi connectivity index (χ4n) is 3.03. The van der Waals surface area contributed by atoms with E-state index in [0.29, 0.717) is 18.7 Å². The number of nitrogens with one attached hydrogen (secondary N) is 1. The summed E-state index contributed by atoms with van der Waals surface area (Å²) in [5, 5.41) is 26.9. The van der Waals surface area contributed by atoms with Gasteiger partial charge in [0.1, 0.15) is 17.1 Å². The molecule has 7 nitrogen and oxygen atoms in total. The van der Waals surface area contributed by atoms with Gasteiger partial charge in [0.25, 0.3) is 0 Å². The summed E-state index contributed by atoms with van der Waals surface area (Å²) < 4.78 is 21.3. The van der Waals surface area contributed by atoms with Gasteiger partial charge in [0.15, 0.2) is 5.82 Å². The van der Waals surface area contributed by atoms with Gasteiger partial charge in [-0.3, -0.25) is 0 Å². The molecule has 2 N–H and O–H groups in total. The molecule has 0 aromatic carbocycles. The summed E-state index contributed by atoms with van der Waals surface area (Å²) in [5.74, 6) is -0.317. The highest BCUT2D eigenvalue weighted by molar-refractivity contribution is 5.59. The third-order valence-corrected chi connectivity index (χ3v) is 4.90. The van der Waals surface area contributed by atoms with Crippen molar-refractivity contribution in [3.05, 3.63) is 23.3 Å². The molecule has 0 saturated carbocycles. The Balaban J connectivity index is 2.07. The van der Waals surface area contributed by atoms with Crippen LogP contribution in [0.15, 0.2) is 6.20 Å². The maximum atomic E-state index is 14.6. The third kappa shape index (κ3) is 3.05. The zero-order valence-electron chi connectivity index (χ0n) is 14.6. The topological polar surface area (TPSA) is 95.5 Å². The number of anilines is 1. The number of aliphatic hydroxyl groups is 1. The number of aromatic nitrogens is 3. The fraction of sp³-hybridized carbons (Fsp3) is 0.588. The molecule has 1 fully saturated rings. The SMILES string of the molecule is CCC(C)(C)c1c(C#N)c(F)c2cnc(N[C@@H]3CCOC[C@H]3O)nn12. The zero-order chi connectivity index (χ0) is 18.2. The maximum Gasteiger partial charge on any atom is 0.241 e. The predicted octanol–water partition coefficient (Wildman–Crippen LogP) is 1.99. The highest BCUT2D eigenvalue weighted by Gasteiger charge is 2.31. The Morgan fingerprint density at radius 3 is 2.96 bits per heavy atom. The van der Waals surface area contributed by atoms with Gasteiger partial charge in [0, 0.05) is 12.0 Å². The summed E-state index contributed by atoms with van der Waals surface area (Å²) in [7, 11) is 0. The summed E-state index contributed by atoms with van der Waals surface area (Å²) in [6, 6.07) is 1.73. The molecule has 1 saturated heterocycles. The van der Waals surface area contributed by atoms with Crippen LogP contribution < -0.4 is 5.32 Å². The normalized spacial score (nSPS) is 21.3.